The van der Waals surface area contributed by atoms with Crippen LogP contribution in [0.25, 0.3) is 0 Å². The van der Waals surface area contributed by atoms with Crippen LogP contribution in [0.1, 0.15) is 20.8 Å². The van der Waals surface area contributed by atoms with Gasteiger partial charge in [0.05, 0.1) is 11.1 Å². The highest BCUT2D eigenvalue weighted by atomic mass is 32.1. The van der Waals surface area contributed by atoms with Gasteiger partial charge < -0.3 is 5.32 Å². The molecule has 0 radical (unpaired) electrons. The summed E-state index contributed by atoms with van der Waals surface area (Å²) in [5, 5.41) is 5.21. The largest absolute Gasteiger partial charge is 0.357 e. The number of thiazole rings is 1. The van der Waals surface area contributed by atoms with E-state index in [-0.39, 0.29) is 13.7 Å². The number of nitrogens with one attached hydrogen (secondary N) is 1. The zero-order valence-electron chi connectivity index (χ0n) is 13.6. The molecule has 0 unspecified atom stereocenters. The van der Waals surface area contributed by atoms with Crippen molar-refractivity contribution in [3.05, 3.63) is 71.0 Å². The number of hydrogen-bond donors (Lipinski definition) is 1. The summed E-state index contributed by atoms with van der Waals surface area (Å²) in [5.74, 6) is 0.0284. The van der Waals surface area contributed by atoms with Crippen molar-refractivity contribution in [3.63, 3.8) is 0 Å². The molecule has 0 atom stereocenters. The van der Waals surface area contributed by atoms with Gasteiger partial charge in [-0.3, -0.25) is 9.78 Å². The van der Waals surface area contributed by atoms with E-state index >= 15 is 0 Å². The van der Waals surface area contributed by atoms with Crippen LogP contribution in [0.4, 0.5) is 5.13 Å². The summed E-state index contributed by atoms with van der Waals surface area (Å²) in [6.45, 7) is 5.01. The lowest BCUT2D eigenvalue weighted by atomic mass is 10.1. The molecule has 6 heteroatoms. The Morgan fingerprint density at radius 2 is 2.08 bits per heavy atom. The van der Waals surface area contributed by atoms with Gasteiger partial charge >= 0.3 is 0 Å². The maximum absolute atomic E-state index is 12.6. The number of carbonyl (C=O) groups excluding carboxylic acids is 1. The molecule has 3 aromatic rings. The molecule has 1 N–H and O–H groups in total. The summed E-state index contributed by atoms with van der Waals surface area (Å²) >= 11 is 1.38. The van der Waals surface area contributed by atoms with E-state index in [1.54, 1.807) is 12.4 Å². The molecule has 0 bridgehead atoms. The minimum atomic E-state index is -0.214. The molecule has 24 heavy (non-hydrogen) atoms. The van der Waals surface area contributed by atoms with Crippen LogP contribution < -0.4 is 10.6 Å². The Kier molecular flexibility index (Phi) is 5.34. The number of pyridine rings is 1. The Labute approximate surface area is 146 Å². The molecular weight excluding hydrogens is 337 g/mol. The van der Waals surface area contributed by atoms with Gasteiger partial charge in [-0.25, -0.2) is 4.98 Å². The lowest BCUT2D eigenvalue weighted by Crippen LogP contribution is -2.05. The summed E-state index contributed by atoms with van der Waals surface area (Å²) in [7, 11) is -0.214. The Bertz CT molecular complexity index is 833. The first kappa shape index (κ1) is 16.7. The van der Waals surface area contributed by atoms with Crippen LogP contribution in [-0.2, 0) is 6.54 Å². The summed E-state index contributed by atoms with van der Waals surface area (Å²) in [6, 6.07) is 11.8. The van der Waals surface area contributed by atoms with Crippen molar-refractivity contribution in [1.82, 2.24) is 9.97 Å². The highest BCUT2D eigenvalue weighted by Crippen LogP contribution is 2.25. The van der Waals surface area contributed by atoms with Crippen LogP contribution in [0.5, 0.6) is 0 Å². The molecular formula is C18H18N3OPS. The van der Waals surface area contributed by atoms with E-state index in [9.17, 15) is 4.79 Å². The third-order valence-electron chi connectivity index (χ3n) is 3.52. The fraction of sp³-hybridized carbons (Fsp3) is 0.167. The monoisotopic (exact) mass is 355 g/mol. The van der Waals surface area contributed by atoms with E-state index in [1.165, 1.54) is 16.6 Å². The molecule has 0 fully saturated rings. The molecule has 0 spiro atoms. The average Bonchev–Trinajstić information content (AvgIpc) is 3.09. The predicted molar refractivity (Wildman–Crippen MR) is 102 cm³/mol. The first-order chi connectivity index (χ1) is 11.6. The number of aromatic nitrogens is 2. The van der Waals surface area contributed by atoms with Crippen molar-refractivity contribution in [2.24, 2.45) is 0 Å². The van der Waals surface area contributed by atoms with E-state index in [0.29, 0.717) is 11.4 Å². The topological polar surface area (TPSA) is 54.9 Å². The van der Waals surface area contributed by atoms with E-state index in [4.69, 9.17) is 0 Å². The SMILES string of the molecule is CP(C)c1cccc(C(=O)c2cnc(NCc3cccnc3)s2)c1. The molecule has 1 aromatic carbocycles. The minimum absolute atomic E-state index is 0.0284. The number of benzene rings is 1. The van der Waals surface area contributed by atoms with Crippen LogP contribution >= 0.6 is 19.3 Å². The van der Waals surface area contributed by atoms with Crippen LogP contribution in [0, 0.1) is 0 Å². The van der Waals surface area contributed by atoms with Gasteiger partial charge in [0.1, 0.15) is 0 Å². The Balaban J connectivity index is 1.70. The third-order valence-corrected chi connectivity index (χ3v) is 5.79. The fourth-order valence-electron chi connectivity index (χ4n) is 2.21. The van der Waals surface area contributed by atoms with Gasteiger partial charge in [-0.15, -0.1) is 0 Å². The van der Waals surface area contributed by atoms with Gasteiger partial charge in [0.2, 0.25) is 5.78 Å². The number of ketones is 1. The summed E-state index contributed by atoms with van der Waals surface area (Å²) < 4.78 is 0. The first-order valence-corrected chi connectivity index (χ1v) is 10.6. The van der Waals surface area contributed by atoms with Crippen molar-refractivity contribution in [2.75, 3.05) is 18.6 Å². The highest BCUT2D eigenvalue weighted by Gasteiger charge is 2.14. The fourth-order valence-corrected chi connectivity index (χ4v) is 3.76. The van der Waals surface area contributed by atoms with E-state index in [0.717, 1.165) is 16.3 Å². The second-order valence-corrected chi connectivity index (χ2v) is 8.85. The smallest absolute Gasteiger partial charge is 0.204 e. The number of anilines is 1. The van der Waals surface area contributed by atoms with Gasteiger partial charge in [0, 0.05) is 24.5 Å². The zero-order chi connectivity index (χ0) is 16.9. The highest BCUT2D eigenvalue weighted by molar-refractivity contribution is 7.64. The van der Waals surface area contributed by atoms with Gasteiger partial charge in [-0.05, 0) is 36.3 Å². The molecule has 0 aliphatic heterocycles. The number of carbonyl (C=O) groups is 1. The summed E-state index contributed by atoms with van der Waals surface area (Å²) in [4.78, 5) is 21.7. The molecule has 0 saturated heterocycles. The van der Waals surface area contributed by atoms with E-state index in [2.05, 4.69) is 34.7 Å². The van der Waals surface area contributed by atoms with Crippen molar-refractivity contribution in [1.29, 1.82) is 0 Å². The van der Waals surface area contributed by atoms with E-state index < -0.39 is 0 Å². The Morgan fingerprint density at radius 1 is 1.21 bits per heavy atom. The molecule has 0 saturated carbocycles. The quantitative estimate of drug-likeness (QED) is 0.540. The van der Waals surface area contributed by atoms with Crippen molar-refractivity contribution >= 4 is 35.5 Å². The van der Waals surface area contributed by atoms with Crippen molar-refractivity contribution in [2.45, 2.75) is 6.54 Å². The second kappa shape index (κ2) is 7.65. The lowest BCUT2D eigenvalue weighted by molar-refractivity contribution is 0.104. The van der Waals surface area contributed by atoms with Crippen molar-refractivity contribution < 1.29 is 4.79 Å². The lowest BCUT2D eigenvalue weighted by Gasteiger charge is -2.07. The Hall–Kier alpha value is -2.10. The first-order valence-electron chi connectivity index (χ1n) is 7.54. The molecule has 4 nitrogen and oxygen atoms in total. The van der Waals surface area contributed by atoms with Gasteiger partial charge in [-0.1, -0.05) is 43.5 Å². The second-order valence-electron chi connectivity index (χ2n) is 5.52. The van der Waals surface area contributed by atoms with Crippen LogP contribution in [0.2, 0.25) is 0 Å². The standard InChI is InChI=1S/C18H18N3OPS/c1-23(2)15-7-3-6-14(9-15)17(22)16-12-21-18(24-16)20-11-13-5-4-8-19-10-13/h3-10,12H,11H2,1-2H3,(H,20,21). The molecule has 122 valence electrons. The maximum atomic E-state index is 12.6. The summed E-state index contributed by atoms with van der Waals surface area (Å²) in [6.07, 6.45) is 5.20. The predicted octanol–water partition coefficient (Wildman–Crippen LogP) is 3.75. The molecule has 3 rings (SSSR count). The van der Waals surface area contributed by atoms with Crippen LogP contribution in [0.3, 0.4) is 0 Å². The third kappa shape index (κ3) is 4.05. The molecule has 2 heterocycles. The number of nitrogens with zero attached hydrogens (tertiary/aromatic N) is 2. The zero-order valence-corrected chi connectivity index (χ0v) is 15.3. The van der Waals surface area contributed by atoms with Crippen LogP contribution in [-0.4, -0.2) is 29.1 Å². The van der Waals surface area contributed by atoms with Gasteiger partial charge in [0.15, 0.2) is 5.13 Å². The van der Waals surface area contributed by atoms with Crippen molar-refractivity contribution in [3.8, 4) is 0 Å². The van der Waals surface area contributed by atoms with Gasteiger partial charge in [-0.2, -0.15) is 0 Å². The average molecular weight is 355 g/mol. The Morgan fingerprint density at radius 3 is 2.83 bits per heavy atom. The van der Waals surface area contributed by atoms with Gasteiger partial charge in [0.25, 0.3) is 0 Å². The van der Waals surface area contributed by atoms with Crippen LogP contribution in [0.15, 0.2) is 55.0 Å². The normalized spacial score (nSPS) is 10.8. The molecule has 2 aromatic heterocycles. The van der Waals surface area contributed by atoms with E-state index in [1.807, 2.05) is 36.5 Å². The summed E-state index contributed by atoms with van der Waals surface area (Å²) in [5.41, 5.74) is 1.80. The molecule has 0 aliphatic rings. The maximum Gasteiger partial charge on any atom is 0.204 e. The molecule has 0 amide bonds. The number of hydrogen-bond acceptors (Lipinski definition) is 5. The molecule has 0 aliphatic carbocycles. The minimum Gasteiger partial charge on any atom is -0.357 e. The number of rotatable bonds is 6.